The predicted molar refractivity (Wildman–Crippen MR) is 119 cm³/mol. The van der Waals surface area contributed by atoms with Gasteiger partial charge in [0, 0.05) is 29.9 Å². The van der Waals surface area contributed by atoms with Gasteiger partial charge in [0.15, 0.2) is 0 Å². The van der Waals surface area contributed by atoms with Gasteiger partial charge in [-0.15, -0.1) is 0 Å². The van der Waals surface area contributed by atoms with Crippen molar-refractivity contribution in [1.29, 1.82) is 0 Å². The van der Waals surface area contributed by atoms with Gasteiger partial charge in [0.25, 0.3) is 0 Å². The fourth-order valence-electron chi connectivity index (χ4n) is 4.54. The second-order valence-corrected chi connectivity index (χ2v) is 9.90. The first-order valence-electron chi connectivity index (χ1n) is 10.0. The number of primary sulfonamides is 1. The van der Waals surface area contributed by atoms with Crippen LogP contribution in [0.4, 0.5) is 5.69 Å². The summed E-state index contributed by atoms with van der Waals surface area (Å²) in [6.07, 6.45) is 3.58. The van der Waals surface area contributed by atoms with E-state index in [1.54, 1.807) is 17.2 Å². The van der Waals surface area contributed by atoms with Crippen molar-refractivity contribution in [3.63, 3.8) is 0 Å². The number of hydrogen-bond donors (Lipinski definition) is 1. The predicted octanol–water partition coefficient (Wildman–Crippen LogP) is 3.35. The lowest BCUT2D eigenvalue weighted by Gasteiger charge is -2.21. The number of aromatic nitrogens is 1. The van der Waals surface area contributed by atoms with E-state index in [1.165, 1.54) is 12.1 Å². The summed E-state index contributed by atoms with van der Waals surface area (Å²) in [5.41, 5.74) is 5.30. The van der Waals surface area contributed by atoms with Crippen LogP contribution < -0.4 is 10.0 Å². The number of carbonyl (C=O) groups excluding carboxylic acids is 1. The Kier molecular flexibility index (Phi) is 4.84. The molecule has 1 aromatic heterocycles. The second-order valence-electron chi connectivity index (χ2n) is 7.96. The van der Waals surface area contributed by atoms with Crippen LogP contribution in [0.2, 0.25) is 5.02 Å². The van der Waals surface area contributed by atoms with E-state index in [1.807, 2.05) is 30.3 Å². The molecule has 31 heavy (non-hydrogen) atoms. The van der Waals surface area contributed by atoms with E-state index >= 15 is 0 Å². The fourth-order valence-corrected chi connectivity index (χ4v) is 5.43. The number of carbonyl (C=O) groups is 1. The smallest absolute Gasteiger partial charge is 0.238 e. The summed E-state index contributed by atoms with van der Waals surface area (Å²) < 4.78 is 23.5. The fraction of sp³-hybridized carbons (Fsp3) is 0.217. The van der Waals surface area contributed by atoms with Gasteiger partial charge in [-0.1, -0.05) is 35.9 Å². The topological polar surface area (TPSA) is 93.4 Å². The summed E-state index contributed by atoms with van der Waals surface area (Å²) in [6.45, 7) is 0.530. The number of halogens is 1. The number of nitrogens with two attached hydrogens (primary N) is 1. The second kappa shape index (κ2) is 7.44. The third-order valence-corrected chi connectivity index (χ3v) is 7.44. The van der Waals surface area contributed by atoms with Crippen molar-refractivity contribution in [1.82, 2.24) is 4.98 Å². The first-order chi connectivity index (χ1) is 14.8. The number of amides is 1. The van der Waals surface area contributed by atoms with Crippen LogP contribution in [0, 0.1) is 5.92 Å². The highest BCUT2D eigenvalue weighted by Crippen LogP contribution is 2.40. The van der Waals surface area contributed by atoms with Gasteiger partial charge in [-0.05, 0) is 60.2 Å². The van der Waals surface area contributed by atoms with Gasteiger partial charge in [0.1, 0.15) is 0 Å². The maximum Gasteiger partial charge on any atom is 0.238 e. The Morgan fingerprint density at radius 2 is 1.90 bits per heavy atom. The molecule has 2 N–H and O–H groups in total. The first-order valence-corrected chi connectivity index (χ1v) is 11.9. The van der Waals surface area contributed by atoms with Gasteiger partial charge in [0.05, 0.1) is 15.6 Å². The number of benzene rings is 2. The van der Waals surface area contributed by atoms with Gasteiger partial charge in [0.2, 0.25) is 15.9 Å². The van der Waals surface area contributed by atoms with E-state index in [4.69, 9.17) is 16.7 Å². The third kappa shape index (κ3) is 3.52. The number of rotatable bonds is 3. The van der Waals surface area contributed by atoms with Crippen LogP contribution in [-0.2, 0) is 34.1 Å². The zero-order valence-corrected chi connectivity index (χ0v) is 18.2. The molecular formula is C23H20ClN3O3S. The number of hydrogen-bond acceptors (Lipinski definition) is 4. The summed E-state index contributed by atoms with van der Waals surface area (Å²) in [5.74, 6) is -0.257. The lowest BCUT2D eigenvalue weighted by molar-refractivity contribution is -0.122. The largest absolute Gasteiger partial charge is 0.312 e. The molecule has 1 amide bonds. The van der Waals surface area contributed by atoms with Crippen molar-refractivity contribution in [2.45, 2.75) is 24.2 Å². The SMILES string of the molecule is NS(=O)(=O)c1ccc2c(c1)N(C(=O)C1Cc3ccc(-c4ccccn4)c(Cl)c3C1)CC2. The summed E-state index contributed by atoms with van der Waals surface area (Å²) >= 11 is 6.72. The molecule has 0 fully saturated rings. The summed E-state index contributed by atoms with van der Waals surface area (Å²) in [6, 6.07) is 14.4. The maximum absolute atomic E-state index is 13.4. The quantitative estimate of drug-likeness (QED) is 0.658. The Bertz CT molecular complexity index is 1310. The highest BCUT2D eigenvalue weighted by molar-refractivity contribution is 7.89. The van der Waals surface area contributed by atoms with Crippen LogP contribution in [0.25, 0.3) is 11.3 Å². The summed E-state index contributed by atoms with van der Waals surface area (Å²) in [5, 5.41) is 5.92. The van der Waals surface area contributed by atoms with Crippen molar-refractivity contribution in [2.75, 3.05) is 11.4 Å². The average Bonchev–Trinajstić information content (AvgIpc) is 3.38. The lowest BCUT2D eigenvalue weighted by atomic mass is 10.0. The first kappa shape index (κ1) is 20.2. The minimum absolute atomic E-state index is 0.0167. The molecule has 3 aromatic rings. The minimum Gasteiger partial charge on any atom is -0.312 e. The monoisotopic (exact) mass is 453 g/mol. The van der Waals surface area contributed by atoms with Crippen molar-refractivity contribution in [3.05, 3.63) is 76.4 Å². The molecule has 1 unspecified atom stereocenters. The maximum atomic E-state index is 13.4. The van der Waals surface area contributed by atoms with E-state index in [0.29, 0.717) is 36.5 Å². The number of pyridine rings is 1. The molecule has 6 nitrogen and oxygen atoms in total. The van der Waals surface area contributed by atoms with Gasteiger partial charge in [-0.2, -0.15) is 0 Å². The van der Waals surface area contributed by atoms with Crippen LogP contribution >= 0.6 is 11.6 Å². The summed E-state index contributed by atoms with van der Waals surface area (Å²) in [7, 11) is -3.83. The lowest BCUT2D eigenvalue weighted by Crippen LogP contribution is -2.35. The number of anilines is 1. The van der Waals surface area contributed by atoms with Gasteiger partial charge in [-0.3, -0.25) is 9.78 Å². The van der Waals surface area contributed by atoms with Crippen LogP contribution in [0.15, 0.2) is 59.6 Å². The van der Waals surface area contributed by atoms with Crippen molar-refractivity contribution >= 4 is 33.2 Å². The molecule has 1 atom stereocenters. The Balaban J connectivity index is 1.43. The normalized spacial score (nSPS) is 17.5. The average molecular weight is 454 g/mol. The van der Waals surface area contributed by atoms with Gasteiger partial charge >= 0.3 is 0 Å². The van der Waals surface area contributed by atoms with Crippen LogP contribution in [0.3, 0.4) is 0 Å². The molecule has 0 bridgehead atoms. The number of sulfonamides is 1. The molecule has 5 rings (SSSR count). The molecule has 0 radical (unpaired) electrons. The van der Waals surface area contributed by atoms with E-state index in [9.17, 15) is 13.2 Å². The van der Waals surface area contributed by atoms with E-state index in [0.717, 1.165) is 27.9 Å². The van der Waals surface area contributed by atoms with Crippen molar-refractivity contribution < 1.29 is 13.2 Å². The molecule has 158 valence electrons. The Hall–Kier alpha value is -2.74. The van der Waals surface area contributed by atoms with Gasteiger partial charge in [-0.25, -0.2) is 13.6 Å². The molecule has 0 spiro atoms. The van der Waals surface area contributed by atoms with Crippen molar-refractivity contribution in [2.24, 2.45) is 11.1 Å². The highest BCUT2D eigenvalue weighted by Gasteiger charge is 2.35. The molecule has 2 aromatic carbocycles. The molecular weight excluding hydrogens is 434 g/mol. The molecule has 0 saturated carbocycles. The van der Waals surface area contributed by atoms with E-state index in [2.05, 4.69) is 4.98 Å². The van der Waals surface area contributed by atoms with Crippen LogP contribution in [0.5, 0.6) is 0 Å². The van der Waals surface area contributed by atoms with Crippen LogP contribution in [-0.4, -0.2) is 25.9 Å². The third-order valence-electron chi connectivity index (χ3n) is 6.09. The molecule has 2 heterocycles. The number of nitrogens with zero attached hydrogens (tertiary/aromatic N) is 2. The molecule has 1 aliphatic carbocycles. The summed E-state index contributed by atoms with van der Waals surface area (Å²) in [4.78, 5) is 19.5. The van der Waals surface area contributed by atoms with E-state index < -0.39 is 10.0 Å². The van der Waals surface area contributed by atoms with E-state index in [-0.39, 0.29) is 16.7 Å². The minimum atomic E-state index is -3.83. The Morgan fingerprint density at radius 3 is 2.65 bits per heavy atom. The van der Waals surface area contributed by atoms with Crippen LogP contribution in [0.1, 0.15) is 16.7 Å². The Morgan fingerprint density at radius 1 is 1.10 bits per heavy atom. The number of fused-ring (bicyclic) bond motifs is 2. The Labute approximate surface area is 185 Å². The molecule has 2 aliphatic rings. The molecule has 8 heteroatoms. The van der Waals surface area contributed by atoms with Gasteiger partial charge < -0.3 is 4.90 Å². The molecule has 1 aliphatic heterocycles. The zero-order valence-electron chi connectivity index (χ0n) is 16.6. The molecule has 0 saturated heterocycles. The highest BCUT2D eigenvalue weighted by atomic mass is 35.5. The standard InChI is InChI=1S/C23H20ClN3O3S/c24-22-18(20-3-1-2-9-26-20)7-5-15-11-16(12-19(15)22)23(28)27-10-8-14-4-6-17(13-21(14)27)31(25,29)30/h1-7,9,13,16H,8,10-12H2,(H2,25,29,30). The zero-order chi connectivity index (χ0) is 21.8. The van der Waals surface area contributed by atoms with Crippen molar-refractivity contribution in [3.8, 4) is 11.3 Å².